The van der Waals surface area contributed by atoms with Gasteiger partial charge in [-0.15, -0.1) is 11.3 Å². The molecule has 0 aromatic carbocycles. The molecule has 110 valence electrons. The van der Waals surface area contributed by atoms with Gasteiger partial charge in [-0.3, -0.25) is 9.59 Å². The molecule has 20 heavy (non-hydrogen) atoms. The van der Waals surface area contributed by atoms with E-state index in [1.807, 2.05) is 24.8 Å². The van der Waals surface area contributed by atoms with Crippen LogP contribution in [0.3, 0.4) is 0 Å². The van der Waals surface area contributed by atoms with Crippen molar-refractivity contribution in [3.8, 4) is 0 Å². The summed E-state index contributed by atoms with van der Waals surface area (Å²) in [4.78, 5) is 27.1. The third kappa shape index (κ3) is 3.35. The van der Waals surface area contributed by atoms with Crippen LogP contribution in [-0.2, 0) is 17.0 Å². The largest absolute Gasteiger partial charge is 0.481 e. The maximum absolute atomic E-state index is 12.5. The molecule has 1 aliphatic rings. The standard InChI is InChI=1S/C14H19NO3S2/c1-3-15(7-9(2)14(17)18)13(16)12-6-10-8-19-5-4-11(10)20-12/h6,9H,3-5,7-8H2,1-2H3,(H,17,18). The number of thioether (sulfide) groups is 1. The van der Waals surface area contributed by atoms with Crippen molar-refractivity contribution in [1.82, 2.24) is 4.90 Å². The van der Waals surface area contributed by atoms with Crippen LogP contribution in [0.1, 0.15) is 34.0 Å². The number of carbonyl (C=O) groups is 2. The Kier molecular flexibility index (Phi) is 5.10. The molecule has 0 fully saturated rings. The highest BCUT2D eigenvalue weighted by Gasteiger charge is 2.23. The third-order valence-corrected chi connectivity index (χ3v) is 5.66. The van der Waals surface area contributed by atoms with E-state index in [9.17, 15) is 9.59 Å². The smallest absolute Gasteiger partial charge is 0.308 e. The Balaban J connectivity index is 2.11. The summed E-state index contributed by atoms with van der Waals surface area (Å²) >= 11 is 3.47. The molecule has 2 rings (SSSR count). The fraction of sp³-hybridized carbons (Fsp3) is 0.571. The van der Waals surface area contributed by atoms with Gasteiger partial charge in [-0.25, -0.2) is 0 Å². The van der Waals surface area contributed by atoms with Crippen molar-refractivity contribution in [2.75, 3.05) is 18.8 Å². The van der Waals surface area contributed by atoms with Crippen molar-refractivity contribution >= 4 is 35.0 Å². The number of carbonyl (C=O) groups excluding carboxylic acids is 1. The number of fused-ring (bicyclic) bond motifs is 1. The molecule has 1 aromatic rings. The fourth-order valence-electron chi connectivity index (χ4n) is 2.17. The van der Waals surface area contributed by atoms with Gasteiger partial charge in [-0.05, 0) is 30.7 Å². The molecule has 0 aliphatic carbocycles. The van der Waals surface area contributed by atoms with Crippen LogP contribution in [0.15, 0.2) is 6.07 Å². The van der Waals surface area contributed by atoms with Gasteiger partial charge in [0.1, 0.15) is 0 Å². The average Bonchev–Trinajstić information content (AvgIpc) is 2.87. The lowest BCUT2D eigenvalue weighted by atomic mass is 10.1. The maximum Gasteiger partial charge on any atom is 0.308 e. The van der Waals surface area contributed by atoms with Gasteiger partial charge in [-0.2, -0.15) is 11.8 Å². The highest BCUT2D eigenvalue weighted by atomic mass is 32.2. The molecular formula is C14H19NO3S2. The molecule has 1 atom stereocenters. The van der Waals surface area contributed by atoms with Gasteiger partial charge in [0.2, 0.25) is 0 Å². The van der Waals surface area contributed by atoms with E-state index in [1.165, 1.54) is 10.4 Å². The zero-order valence-corrected chi connectivity index (χ0v) is 13.4. The second-order valence-electron chi connectivity index (χ2n) is 4.94. The molecule has 2 heterocycles. The molecular weight excluding hydrogens is 294 g/mol. The molecule has 1 N–H and O–H groups in total. The quantitative estimate of drug-likeness (QED) is 0.908. The SMILES string of the molecule is CCN(CC(C)C(=O)O)C(=O)c1cc2c(s1)CCSC2. The van der Waals surface area contributed by atoms with Crippen molar-refractivity contribution in [2.45, 2.75) is 26.0 Å². The van der Waals surface area contributed by atoms with E-state index >= 15 is 0 Å². The number of carboxylic acids is 1. The van der Waals surface area contributed by atoms with Crippen molar-refractivity contribution in [2.24, 2.45) is 5.92 Å². The lowest BCUT2D eigenvalue weighted by Crippen LogP contribution is -2.36. The first-order valence-corrected chi connectivity index (χ1v) is 8.71. The van der Waals surface area contributed by atoms with Crippen LogP contribution in [0, 0.1) is 5.92 Å². The Bertz CT molecular complexity index is 489. The molecule has 1 aliphatic heterocycles. The molecule has 0 saturated heterocycles. The summed E-state index contributed by atoms with van der Waals surface area (Å²) in [7, 11) is 0. The summed E-state index contributed by atoms with van der Waals surface area (Å²) in [6.45, 7) is 4.32. The van der Waals surface area contributed by atoms with E-state index in [4.69, 9.17) is 5.11 Å². The predicted octanol–water partition coefficient (Wildman–Crippen LogP) is 2.72. The Hall–Kier alpha value is -1.01. The van der Waals surface area contributed by atoms with E-state index in [0.717, 1.165) is 22.8 Å². The minimum atomic E-state index is -0.863. The van der Waals surface area contributed by atoms with E-state index in [0.29, 0.717) is 6.54 Å². The first kappa shape index (κ1) is 15.4. The van der Waals surface area contributed by atoms with Gasteiger partial charge in [0, 0.05) is 23.7 Å². The number of carboxylic acid groups (broad SMARTS) is 1. The first-order chi connectivity index (χ1) is 9.52. The molecule has 1 amide bonds. The number of hydrogen-bond donors (Lipinski definition) is 1. The summed E-state index contributed by atoms with van der Waals surface area (Å²) in [5, 5.41) is 8.97. The highest BCUT2D eigenvalue weighted by Crippen LogP contribution is 2.32. The molecule has 0 spiro atoms. The second-order valence-corrected chi connectivity index (χ2v) is 7.19. The van der Waals surface area contributed by atoms with Gasteiger partial charge >= 0.3 is 5.97 Å². The minimum absolute atomic E-state index is 0.0370. The van der Waals surface area contributed by atoms with Crippen LogP contribution in [0.4, 0.5) is 0 Å². The van der Waals surface area contributed by atoms with Crippen LogP contribution in [0.5, 0.6) is 0 Å². The summed E-state index contributed by atoms with van der Waals surface area (Å²) in [6, 6.07) is 1.99. The van der Waals surface area contributed by atoms with E-state index in [-0.39, 0.29) is 12.5 Å². The lowest BCUT2D eigenvalue weighted by Gasteiger charge is -2.22. The number of rotatable bonds is 5. The summed E-state index contributed by atoms with van der Waals surface area (Å²) in [5.74, 6) is 0.665. The fourth-order valence-corrected chi connectivity index (χ4v) is 4.51. The molecule has 4 nitrogen and oxygen atoms in total. The van der Waals surface area contributed by atoms with E-state index in [2.05, 4.69) is 0 Å². The molecule has 0 bridgehead atoms. The molecule has 0 radical (unpaired) electrons. The monoisotopic (exact) mass is 313 g/mol. The Labute approximate surface area is 127 Å². The molecule has 0 saturated carbocycles. The molecule has 1 aromatic heterocycles. The average molecular weight is 313 g/mol. The van der Waals surface area contributed by atoms with E-state index < -0.39 is 11.9 Å². The van der Waals surface area contributed by atoms with Crippen LogP contribution in [0.2, 0.25) is 0 Å². The van der Waals surface area contributed by atoms with Crippen LogP contribution in [-0.4, -0.2) is 40.7 Å². The number of thiophene rings is 1. The molecule has 1 unspecified atom stereocenters. The number of aryl methyl sites for hydroxylation is 1. The maximum atomic E-state index is 12.5. The normalized spacial score (nSPS) is 15.5. The van der Waals surface area contributed by atoms with Gasteiger partial charge in [0.15, 0.2) is 0 Å². The topological polar surface area (TPSA) is 57.6 Å². The Morgan fingerprint density at radius 2 is 2.25 bits per heavy atom. The number of amides is 1. The summed E-state index contributed by atoms with van der Waals surface area (Å²) in [6.07, 6.45) is 1.04. The minimum Gasteiger partial charge on any atom is -0.481 e. The molecule has 6 heteroatoms. The Morgan fingerprint density at radius 1 is 1.50 bits per heavy atom. The second kappa shape index (κ2) is 6.63. The van der Waals surface area contributed by atoms with Gasteiger partial charge < -0.3 is 10.0 Å². The van der Waals surface area contributed by atoms with Gasteiger partial charge in [-0.1, -0.05) is 6.92 Å². The van der Waals surface area contributed by atoms with Crippen molar-refractivity contribution in [3.05, 3.63) is 21.4 Å². The zero-order chi connectivity index (χ0) is 14.7. The Morgan fingerprint density at radius 3 is 2.85 bits per heavy atom. The third-order valence-electron chi connectivity index (χ3n) is 3.42. The zero-order valence-electron chi connectivity index (χ0n) is 11.7. The van der Waals surface area contributed by atoms with Crippen molar-refractivity contribution in [1.29, 1.82) is 0 Å². The number of hydrogen-bond acceptors (Lipinski definition) is 4. The lowest BCUT2D eigenvalue weighted by molar-refractivity contribution is -0.141. The number of nitrogens with zero attached hydrogens (tertiary/aromatic N) is 1. The van der Waals surface area contributed by atoms with Crippen LogP contribution in [0.25, 0.3) is 0 Å². The number of aliphatic carboxylic acids is 1. The van der Waals surface area contributed by atoms with E-state index in [1.54, 1.807) is 23.2 Å². The highest BCUT2D eigenvalue weighted by molar-refractivity contribution is 7.98. The van der Waals surface area contributed by atoms with Gasteiger partial charge in [0.25, 0.3) is 5.91 Å². The summed E-state index contributed by atoms with van der Waals surface area (Å²) in [5.41, 5.74) is 1.27. The van der Waals surface area contributed by atoms with Crippen molar-refractivity contribution in [3.63, 3.8) is 0 Å². The summed E-state index contributed by atoms with van der Waals surface area (Å²) < 4.78 is 0. The van der Waals surface area contributed by atoms with Crippen LogP contribution >= 0.6 is 23.1 Å². The first-order valence-electron chi connectivity index (χ1n) is 6.74. The van der Waals surface area contributed by atoms with Gasteiger partial charge in [0.05, 0.1) is 10.8 Å². The van der Waals surface area contributed by atoms with Crippen LogP contribution < -0.4 is 0 Å². The predicted molar refractivity (Wildman–Crippen MR) is 82.6 cm³/mol. The van der Waals surface area contributed by atoms with Crippen molar-refractivity contribution < 1.29 is 14.7 Å².